The summed E-state index contributed by atoms with van der Waals surface area (Å²) in [7, 11) is 0. The lowest BCUT2D eigenvalue weighted by Gasteiger charge is -2.38. The molecule has 0 unspecified atom stereocenters. The highest BCUT2D eigenvalue weighted by atomic mass is 79.9. The maximum Gasteiger partial charge on any atom is 0.249 e. The van der Waals surface area contributed by atoms with E-state index in [2.05, 4.69) is 66.2 Å². The van der Waals surface area contributed by atoms with E-state index in [1.54, 1.807) is 0 Å². The van der Waals surface area contributed by atoms with E-state index in [-0.39, 0.29) is 24.7 Å². The molecule has 1 heterocycles. The third-order valence-electron chi connectivity index (χ3n) is 5.20. The fourth-order valence-corrected chi connectivity index (χ4v) is 4.20. The lowest BCUT2D eigenvalue weighted by molar-refractivity contribution is -0.157. The third kappa shape index (κ3) is 2.68. The van der Waals surface area contributed by atoms with Gasteiger partial charge in [-0.3, -0.25) is 4.79 Å². The largest absolute Gasteiger partial charge is 0.366 e. The summed E-state index contributed by atoms with van der Waals surface area (Å²) in [6.07, 6.45) is 0.939. The van der Waals surface area contributed by atoms with Crippen molar-refractivity contribution in [2.24, 2.45) is 0 Å². The number of nitrogens with zero attached hydrogens (tertiary/aromatic N) is 1. The van der Waals surface area contributed by atoms with E-state index in [1.807, 2.05) is 4.90 Å². The van der Waals surface area contributed by atoms with Gasteiger partial charge in [-0.25, -0.2) is 0 Å². The van der Waals surface area contributed by atoms with Gasteiger partial charge in [0.15, 0.2) is 0 Å². The average molecular weight is 386 g/mol. The van der Waals surface area contributed by atoms with Crippen LogP contribution in [-0.2, 0) is 22.5 Å². The highest BCUT2D eigenvalue weighted by Crippen LogP contribution is 2.41. The number of hydrogen-bond acceptors (Lipinski definition) is 2. The van der Waals surface area contributed by atoms with Crippen LogP contribution in [0.15, 0.2) is 40.9 Å². The quantitative estimate of drug-likeness (QED) is 0.778. The molecule has 2 aromatic rings. The highest BCUT2D eigenvalue weighted by Gasteiger charge is 2.43. The van der Waals surface area contributed by atoms with Crippen molar-refractivity contribution < 1.29 is 9.53 Å². The fraction of sp³-hybridized carbons (Fsp3) is 0.350. The van der Waals surface area contributed by atoms with Crippen molar-refractivity contribution in [2.75, 3.05) is 6.61 Å². The first-order chi connectivity index (χ1) is 11.5. The second kappa shape index (κ2) is 6.01. The van der Waals surface area contributed by atoms with Crippen molar-refractivity contribution in [2.45, 2.75) is 39.0 Å². The molecule has 24 heavy (non-hydrogen) atoms. The van der Waals surface area contributed by atoms with Gasteiger partial charge in [-0.1, -0.05) is 40.2 Å². The monoisotopic (exact) mass is 385 g/mol. The number of carbonyl (C=O) groups excluding carboxylic acids is 1. The topological polar surface area (TPSA) is 29.5 Å². The molecule has 0 saturated carbocycles. The van der Waals surface area contributed by atoms with Crippen LogP contribution in [0.3, 0.4) is 0 Å². The Morgan fingerprint density at radius 1 is 1.17 bits per heavy atom. The van der Waals surface area contributed by atoms with Crippen molar-refractivity contribution in [3.05, 3.63) is 68.7 Å². The highest BCUT2D eigenvalue weighted by molar-refractivity contribution is 9.10. The molecule has 2 aliphatic rings. The lowest BCUT2D eigenvalue weighted by Crippen LogP contribution is -2.47. The molecule has 1 saturated heterocycles. The number of morpholine rings is 1. The van der Waals surface area contributed by atoms with Gasteiger partial charge in [0, 0.05) is 17.4 Å². The first-order valence-electron chi connectivity index (χ1n) is 8.28. The summed E-state index contributed by atoms with van der Waals surface area (Å²) in [5.41, 5.74) is 6.22. The number of fused-ring (bicyclic) bond motifs is 3. The molecule has 0 spiro atoms. The third-order valence-corrected chi connectivity index (χ3v) is 5.69. The van der Waals surface area contributed by atoms with Crippen molar-refractivity contribution in [3.8, 4) is 0 Å². The number of carbonyl (C=O) groups is 1. The molecular weight excluding hydrogens is 366 g/mol. The molecule has 0 bridgehead atoms. The molecule has 1 amide bonds. The lowest BCUT2D eigenvalue weighted by atomic mass is 10.0. The Bertz CT molecular complexity index is 817. The normalized spacial score (nSPS) is 22.5. The van der Waals surface area contributed by atoms with E-state index >= 15 is 0 Å². The van der Waals surface area contributed by atoms with Gasteiger partial charge in [0.1, 0.15) is 6.61 Å². The first kappa shape index (κ1) is 15.9. The number of amides is 1. The van der Waals surface area contributed by atoms with Gasteiger partial charge in [0.05, 0.1) is 12.1 Å². The SMILES string of the molecule is Cc1ccc(CN2C(=O)CO[C@H]3Cc4cc(Br)ccc4[C@H]32)cc1C. The fourth-order valence-electron chi connectivity index (χ4n) is 3.79. The Balaban J connectivity index is 1.68. The van der Waals surface area contributed by atoms with E-state index in [4.69, 9.17) is 4.74 Å². The Hall–Kier alpha value is -1.65. The molecule has 4 heteroatoms. The molecule has 2 aromatic carbocycles. The van der Waals surface area contributed by atoms with Gasteiger partial charge < -0.3 is 9.64 Å². The number of hydrogen-bond donors (Lipinski definition) is 0. The Morgan fingerprint density at radius 3 is 2.79 bits per heavy atom. The van der Waals surface area contributed by atoms with E-state index in [0.29, 0.717) is 6.54 Å². The van der Waals surface area contributed by atoms with Crippen LogP contribution in [0.5, 0.6) is 0 Å². The molecule has 0 aromatic heterocycles. The van der Waals surface area contributed by atoms with Crippen molar-refractivity contribution in [1.82, 2.24) is 4.90 Å². The molecule has 124 valence electrons. The van der Waals surface area contributed by atoms with Crippen LogP contribution in [0.4, 0.5) is 0 Å². The summed E-state index contributed by atoms with van der Waals surface area (Å²) in [5.74, 6) is 0.0743. The summed E-state index contributed by atoms with van der Waals surface area (Å²) in [4.78, 5) is 14.6. The molecule has 1 aliphatic heterocycles. The summed E-state index contributed by atoms with van der Waals surface area (Å²) < 4.78 is 6.92. The summed E-state index contributed by atoms with van der Waals surface area (Å²) in [6.45, 7) is 5.05. The zero-order chi connectivity index (χ0) is 16.8. The number of aryl methyl sites for hydroxylation is 2. The first-order valence-corrected chi connectivity index (χ1v) is 9.08. The molecule has 1 aliphatic carbocycles. The number of benzene rings is 2. The minimum Gasteiger partial charge on any atom is -0.366 e. The molecular formula is C20H20BrNO2. The molecule has 4 rings (SSSR count). The molecule has 0 radical (unpaired) electrons. The van der Waals surface area contributed by atoms with E-state index in [1.165, 1.54) is 27.8 Å². The molecule has 0 N–H and O–H groups in total. The van der Waals surface area contributed by atoms with Crippen LogP contribution in [0.1, 0.15) is 33.9 Å². The standard InChI is InChI=1S/C20H20BrNO2/c1-12-3-4-14(7-13(12)2)10-22-19(23)11-24-18-9-15-8-16(21)5-6-17(15)20(18)22/h3-8,18,20H,9-11H2,1-2H3/t18-,20+/m0/s1. The molecule has 2 atom stereocenters. The molecule has 3 nitrogen and oxygen atoms in total. The number of rotatable bonds is 2. The summed E-state index contributed by atoms with van der Waals surface area (Å²) >= 11 is 3.54. The van der Waals surface area contributed by atoms with Crippen LogP contribution in [0.25, 0.3) is 0 Å². The van der Waals surface area contributed by atoms with Crippen LogP contribution < -0.4 is 0 Å². The van der Waals surface area contributed by atoms with Gasteiger partial charge in [0.25, 0.3) is 0 Å². The Kier molecular flexibility index (Phi) is 3.97. The second-order valence-corrected chi connectivity index (χ2v) is 7.70. The van der Waals surface area contributed by atoms with Crippen LogP contribution >= 0.6 is 15.9 Å². The maximum atomic E-state index is 12.6. The van der Waals surface area contributed by atoms with Crippen LogP contribution in [-0.4, -0.2) is 23.5 Å². The van der Waals surface area contributed by atoms with Gasteiger partial charge in [-0.15, -0.1) is 0 Å². The van der Waals surface area contributed by atoms with Gasteiger partial charge in [0.2, 0.25) is 5.91 Å². The van der Waals surface area contributed by atoms with E-state index in [0.717, 1.165) is 10.9 Å². The minimum atomic E-state index is 0.0240. The van der Waals surface area contributed by atoms with Gasteiger partial charge in [-0.2, -0.15) is 0 Å². The van der Waals surface area contributed by atoms with Crippen LogP contribution in [0.2, 0.25) is 0 Å². The van der Waals surface area contributed by atoms with Crippen molar-refractivity contribution in [3.63, 3.8) is 0 Å². The second-order valence-electron chi connectivity index (χ2n) is 6.78. The average Bonchev–Trinajstić information content (AvgIpc) is 2.91. The number of halogens is 1. The van der Waals surface area contributed by atoms with Gasteiger partial charge in [-0.05, 0) is 53.8 Å². The number of ether oxygens (including phenoxy) is 1. The zero-order valence-corrected chi connectivity index (χ0v) is 15.5. The van der Waals surface area contributed by atoms with E-state index in [9.17, 15) is 4.79 Å². The predicted octanol–water partition coefficient (Wildman–Crippen LogP) is 4.09. The van der Waals surface area contributed by atoms with Crippen molar-refractivity contribution >= 4 is 21.8 Å². The van der Waals surface area contributed by atoms with E-state index < -0.39 is 0 Å². The predicted molar refractivity (Wildman–Crippen MR) is 96.8 cm³/mol. The zero-order valence-electron chi connectivity index (χ0n) is 13.9. The maximum absolute atomic E-state index is 12.6. The summed E-state index contributed by atoms with van der Waals surface area (Å²) in [5, 5.41) is 0. The Morgan fingerprint density at radius 2 is 2.00 bits per heavy atom. The van der Waals surface area contributed by atoms with Crippen molar-refractivity contribution in [1.29, 1.82) is 0 Å². The Labute approximate surface area is 150 Å². The van der Waals surface area contributed by atoms with Crippen LogP contribution in [0, 0.1) is 13.8 Å². The summed E-state index contributed by atoms with van der Waals surface area (Å²) in [6, 6.07) is 12.8. The smallest absolute Gasteiger partial charge is 0.249 e. The molecule has 1 fully saturated rings. The minimum absolute atomic E-state index is 0.0240. The van der Waals surface area contributed by atoms with Gasteiger partial charge >= 0.3 is 0 Å².